The molecule has 2 N–H and O–H groups in total. The van der Waals surface area contributed by atoms with E-state index in [1.165, 1.54) is 17.4 Å². The minimum Gasteiger partial charge on any atom is -0.476 e. The van der Waals surface area contributed by atoms with E-state index in [9.17, 15) is 9.59 Å². The number of carboxylic acids is 1. The lowest BCUT2D eigenvalue weighted by atomic mass is 10.1. The minimum atomic E-state index is -1.18. The first kappa shape index (κ1) is 17.9. The van der Waals surface area contributed by atoms with Crippen LogP contribution in [0.4, 0.5) is 0 Å². The number of thiazole rings is 1. The molecule has 0 unspecified atom stereocenters. The number of carbonyl (C=O) groups is 2. The van der Waals surface area contributed by atoms with Gasteiger partial charge in [0.15, 0.2) is 11.5 Å². The Morgan fingerprint density at radius 2 is 1.89 bits per heavy atom. The molecule has 2 aromatic heterocycles. The van der Waals surface area contributed by atoms with E-state index in [1.54, 1.807) is 0 Å². The Hall–Kier alpha value is -3.52. The molecule has 140 valence electrons. The smallest absolute Gasteiger partial charge is 0.358 e. The van der Waals surface area contributed by atoms with E-state index in [-0.39, 0.29) is 30.3 Å². The van der Waals surface area contributed by atoms with E-state index >= 15 is 0 Å². The maximum atomic E-state index is 12.2. The number of aromatic carboxylic acids is 1. The molecule has 4 aromatic rings. The third kappa shape index (κ3) is 3.91. The van der Waals surface area contributed by atoms with Gasteiger partial charge in [0.25, 0.3) is 0 Å². The summed E-state index contributed by atoms with van der Waals surface area (Å²) in [6.07, 6.45) is 0.139. The molecule has 1 amide bonds. The highest BCUT2D eigenvalue weighted by molar-refractivity contribution is 7.18. The summed E-state index contributed by atoms with van der Waals surface area (Å²) in [5.41, 5.74) is 2.90. The van der Waals surface area contributed by atoms with Gasteiger partial charge in [0.05, 0.1) is 23.2 Å². The van der Waals surface area contributed by atoms with Gasteiger partial charge in [0.2, 0.25) is 5.91 Å². The van der Waals surface area contributed by atoms with Crippen molar-refractivity contribution >= 4 is 33.4 Å². The average Bonchev–Trinajstić information content (AvgIpc) is 3.33. The monoisotopic (exact) mass is 393 g/mol. The van der Waals surface area contributed by atoms with Crippen LogP contribution in [0.3, 0.4) is 0 Å². The predicted octanol–water partition coefficient (Wildman–Crippen LogP) is 3.51. The van der Waals surface area contributed by atoms with Gasteiger partial charge in [-0.2, -0.15) is 0 Å². The van der Waals surface area contributed by atoms with Crippen LogP contribution in [0.15, 0.2) is 59.1 Å². The van der Waals surface area contributed by atoms with E-state index in [0.717, 1.165) is 21.3 Å². The molecule has 28 heavy (non-hydrogen) atoms. The van der Waals surface area contributed by atoms with Crippen LogP contribution in [0.1, 0.15) is 21.3 Å². The Balaban J connectivity index is 1.42. The number of carboxylic acid groups (broad SMARTS) is 1. The van der Waals surface area contributed by atoms with E-state index in [1.807, 2.05) is 30.3 Å². The molecule has 0 fully saturated rings. The van der Waals surface area contributed by atoms with Gasteiger partial charge in [-0.05, 0) is 23.3 Å². The first-order valence-electron chi connectivity index (χ1n) is 8.49. The van der Waals surface area contributed by atoms with Crippen molar-refractivity contribution in [3.63, 3.8) is 0 Å². The summed E-state index contributed by atoms with van der Waals surface area (Å²) in [6, 6.07) is 17.4. The van der Waals surface area contributed by atoms with Gasteiger partial charge in [-0.25, -0.2) is 9.78 Å². The Labute approximate surface area is 163 Å². The lowest BCUT2D eigenvalue weighted by Gasteiger charge is -2.00. The zero-order valence-electron chi connectivity index (χ0n) is 14.6. The molecule has 0 bridgehead atoms. The SMILES string of the molecule is O=C(Cc1nc2ccc(-c3ccccc3)cc2s1)NCc1cc(C(=O)O)no1. The van der Waals surface area contributed by atoms with Gasteiger partial charge < -0.3 is 14.9 Å². The van der Waals surface area contributed by atoms with Gasteiger partial charge in [-0.3, -0.25) is 4.79 Å². The van der Waals surface area contributed by atoms with Crippen molar-refractivity contribution in [1.29, 1.82) is 0 Å². The summed E-state index contributed by atoms with van der Waals surface area (Å²) < 4.78 is 5.89. The highest BCUT2D eigenvalue weighted by Crippen LogP contribution is 2.28. The summed E-state index contributed by atoms with van der Waals surface area (Å²) in [7, 11) is 0. The topological polar surface area (TPSA) is 105 Å². The molecule has 0 spiro atoms. The van der Waals surface area contributed by atoms with Crippen molar-refractivity contribution in [2.24, 2.45) is 0 Å². The molecule has 0 saturated heterocycles. The molecule has 2 heterocycles. The van der Waals surface area contributed by atoms with Crippen LogP contribution in [-0.2, 0) is 17.8 Å². The summed E-state index contributed by atoms with van der Waals surface area (Å²) in [6.45, 7) is 0.0716. The molecular weight excluding hydrogens is 378 g/mol. The first-order valence-corrected chi connectivity index (χ1v) is 9.30. The zero-order chi connectivity index (χ0) is 19.5. The third-order valence-corrected chi connectivity index (χ3v) is 5.11. The second kappa shape index (κ2) is 7.61. The van der Waals surface area contributed by atoms with Crippen molar-refractivity contribution in [2.75, 3.05) is 0 Å². The number of aromatic nitrogens is 2. The molecule has 2 aromatic carbocycles. The van der Waals surface area contributed by atoms with Crippen LogP contribution >= 0.6 is 11.3 Å². The molecule has 0 radical (unpaired) electrons. The van der Waals surface area contributed by atoms with Crippen LogP contribution in [0.25, 0.3) is 21.3 Å². The number of nitrogens with one attached hydrogen (secondary N) is 1. The Bertz CT molecular complexity index is 1150. The Kier molecular flexibility index (Phi) is 4.86. The summed E-state index contributed by atoms with van der Waals surface area (Å²) in [5.74, 6) is -1.12. The fraction of sp³-hybridized carbons (Fsp3) is 0.100. The highest BCUT2D eigenvalue weighted by atomic mass is 32.1. The quantitative estimate of drug-likeness (QED) is 0.519. The molecular formula is C20H15N3O4S. The second-order valence-electron chi connectivity index (χ2n) is 6.09. The van der Waals surface area contributed by atoms with E-state index < -0.39 is 5.97 Å². The standard InChI is InChI=1S/C20H15N3O4S/c24-18(21-11-14-9-16(20(25)26)23-27-14)10-19-22-15-7-6-13(8-17(15)28-19)12-4-2-1-3-5-12/h1-9H,10-11H2,(H,21,24)(H,25,26). The van der Waals surface area contributed by atoms with E-state index in [0.29, 0.717) is 5.01 Å². The largest absolute Gasteiger partial charge is 0.476 e. The predicted molar refractivity (Wildman–Crippen MR) is 104 cm³/mol. The molecule has 4 rings (SSSR count). The molecule has 0 saturated carbocycles. The van der Waals surface area contributed by atoms with Crippen molar-refractivity contribution < 1.29 is 19.2 Å². The fourth-order valence-corrected chi connectivity index (χ4v) is 3.75. The van der Waals surface area contributed by atoms with Crippen LogP contribution in [-0.4, -0.2) is 27.1 Å². The number of benzene rings is 2. The van der Waals surface area contributed by atoms with Gasteiger partial charge in [-0.15, -0.1) is 11.3 Å². The van der Waals surface area contributed by atoms with Gasteiger partial charge >= 0.3 is 5.97 Å². The molecule has 0 aliphatic carbocycles. The van der Waals surface area contributed by atoms with Gasteiger partial charge in [0.1, 0.15) is 5.01 Å². The summed E-state index contributed by atoms with van der Waals surface area (Å²) >= 11 is 1.48. The molecule has 0 aliphatic heterocycles. The number of amides is 1. The molecule has 0 atom stereocenters. The van der Waals surface area contributed by atoms with Gasteiger partial charge in [0, 0.05) is 6.07 Å². The van der Waals surface area contributed by atoms with Crippen molar-refractivity contribution in [2.45, 2.75) is 13.0 Å². The number of hydrogen-bond donors (Lipinski definition) is 2. The third-order valence-electron chi connectivity index (χ3n) is 4.09. The number of nitrogens with zero attached hydrogens (tertiary/aromatic N) is 2. The highest BCUT2D eigenvalue weighted by Gasteiger charge is 2.13. The van der Waals surface area contributed by atoms with Crippen LogP contribution in [0, 0.1) is 0 Å². The summed E-state index contributed by atoms with van der Waals surface area (Å²) in [5, 5.41) is 15.6. The second-order valence-corrected chi connectivity index (χ2v) is 7.21. The number of fused-ring (bicyclic) bond motifs is 1. The van der Waals surface area contributed by atoms with E-state index in [2.05, 4.69) is 33.7 Å². The fourth-order valence-electron chi connectivity index (χ4n) is 2.74. The number of hydrogen-bond acceptors (Lipinski definition) is 6. The van der Waals surface area contributed by atoms with Crippen molar-refractivity contribution in [3.05, 3.63) is 71.1 Å². The first-order chi connectivity index (χ1) is 13.6. The van der Waals surface area contributed by atoms with Gasteiger partial charge in [-0.1, -0.05) is 41.6 Å². The lowest BCUT2D eigenvalue weighted by Crippen LogP contribution is -2.24. The van der Waals surface area contributed by atoms with Crippen molar-refractivity contribution in [3.8, 4) is 11.1 Å². The zero-order valence-corrected chi connectivity index (χ0v) is 15.4. The Morgan fingerprint density at radius 1 is 1.07 bits per heavy atom. The molecule has 7 nitrogen and oxygen atoms in total. The van der Waals surface area contributed by atoms with Crippen molar-refractivity contribution in [1.82, 2.24) is 15.5 Å². The normalized spacial score (nSPS) is 10.9. The summed E-state index contributed by atoms with van der Waals surface area (Å²) in [4.78, 5) is 27.5. The Morgan fingerprint density at radius 3 is 2.64 bits per heavy atom. The van der Waals surface area contributed by atoms with Crippen LogP contribution in [0.2, 0.25) is 0 Å². The lowest BCUT2D eigenvalue weighted by molar-refractivity contribution is -0.120. The van der Waals surface area contributed by atoms with Crippen LogP contribution < -0.4 is 5.32 Å². The minimum absolute atomic E-state index is 0.0716. The molecule has 0 aliphatic rings. The maximum Gasteiger partial charge on any atom is 0.358 e. The molecule has 8 heteroatoms. The average molecular weight is 393 g/mol. The van der Waals surface area contributed by atoms with Crippen LogP contribution in [0.5, 0.6) is 0 Å². The number of carbonyl (C=O) groups excluding carboxylic acids is 1. The van der Waals surface area contributed by atoms with E-state index in [4.69, 9.17) is 9.63 Å². The number of rotatable bonds is 6. The maximum absolute atomic E-state index is 12.2.